The van der Waals surface area contributed by atoms with E-state index < -0.39 is 11.8 Å². The average molecular weight is 314 g/mol. The number of ether oxygens (including phenoxy) is 1. The number of hydrogen-bond acceptors (Lipinski definition) is 3. The fourth-order valence-corrected chi connectivity index (χ4v) is 3.25. The van der Waals surface area contributed by atoms with E-state index >= 15 is 0 Å². The molecule has 3 atom stereocenters. The third-order valence-corrected chi connectivity index (χ3v) is 4.65. The number of rotatable bonds is 5. The molecule has 0 aliphatic heterocycles. The lowest BCUT2D eigenvalue weighted by atomic mass is 9.75. The van der Waals surface area contributed by atoms with Gasteiger partial charge in [0.1, 0.15) is 6.10 Å². The van der Waals surface area contributed by atoms with Gasteiger partial charge < -0.3 is 4.74 Å². The summed E-state index contributed by atoms with van der Waals surface area (Å²) in [5, 5.41) is 0. The van der Waals surface area contributed by atoms with Crippen molar-refractivity contribution in [3.05, 3.63) is 42.0 Å². The molecule has 1 aliphatic rings. The van der Waals surface area contributed by atoms with Gasteiger partial charge in [-0.05, 0) is 42.2 Å². The quantitative estimate of drug-likeness (QED) is 0.463. The normalized spacial score (nSPS) is 24.8. The first-order chi connectivity index (χ1) is 11.0. The lowest BCUT2D eigenvalue weighted by Gasteiger charge is -2.36. The minimum Gasteiger partial charge on any atom is -0.456 e. The van der Waals surface area contributed by atoms with Crippen LogP contribution in [0.2, 0.25) is 0 Å². The maximum Gasteiger partial charge on any atom is 0.379 e. The summed E-state index contributed by atoms with van der Waals surface area (Å²) in [7, 11) is 0. The zero-order valence-electron chi connectivity index (χ0n) is 14.2. The molecule has 0 spiro atoms. The van der Waals surface area contributed by atoms with Crippen molar-refractivity contribution in [2.45, 2.75) is 46.1 Å². The van der Waals surface area contributed by atoms with Crippen LogP contribution in [0.5, 0.6) is 0 Å². The smallest absolute Gasteiger partial charge is 0.379 e. The first-order valence-corrected chi connectivity index (χ1v) is 8.45. The number of carbonyl (C=O) groups excluding carboxylic acids is 2. The molecule has 3 nitrogen and oxygen atoms in total. The zero-order valence-corrected chi connectivity index (χ0v) is 14.2. The second-order valence-corrected chi connectivity index (χ2v) is 6.88. The van der Waals surface area contributed by atoms with Crippen LogP contribution in [0.25, 0.3) is 6.08 Å². The summed E-state index contributed by atoms with van der Waals surface area (Å²) < 4.78 is 5.55. The molecule has 0 heterocycles. The monoisotopic (exact) mass is 314 g/mol. The van der Waals surface area contributed by atoms with E-state index in [1.165, 1.54) is 12.5 Å². The summed E-state index contributed by atoms with van der Waals surface area (Å²) in [5.41, 5.74) is 0.889. The van der Waals surface area contributed by atoms with Gasteiger partial charge in [0, 0.05) is 0 Å². The van der Waals surface area contributed by atoms with Gasteiger partial charge in [0.2, 0.25) is 0 Å². The highest BCUT2D eigenvalue weighted by Gasteiger charge is 2.34. The molecular weight excluding hydrogens is 288 g/mol. The fourth-order valence-electron chi connectivity index (χ4n) is 3.25. The minimum absolute atomic E-state index is 0.139. The summed E-state index contributed by atoms with van der Waals surface area (Å²) in [6.45, 7) is 6.48. The van der Waals surface area contributed by atoms with Crippen molar-refractivity contribution < 1.29 is 14.3 Å². The fraction of sp³-hybridized carbons (Fsp3) is 0.500. The van der Waals surface area contributed by atoms with E-state index in [-0.39, 0.29) is 6.10 Å². The molecule has 0 amide bonds. The molecule has 1 fully saturated rings. The SMILES string of the molecule is CC1CCC(C(C)C)C(OC(=O)C(=O)C=Cc2ccccc2)C1. The molecule has 1 aliphatic carbocycles. The number of ketones is 1. The van der Waals surface area contributed by atoms with E-state index in [1.54, 1.807) is 6.08 Å². The number of esters is 1. The van der Waals surface area contributed by atoms with Gasteiger partial charge in [-0.15, -0.1) is 0 Å². The molecule has 1 aromatic carbocycles. The Bertz CT molecular complexity index is 560. The Morgan fingerprint density at radius 2 is 1.87 bits per heavy atom. The molecule has 2 rings (SSSR count). The molecule has 0 saturated heterocycles. The zero-order chi connectivity index (χ0) is 16.8. The third kappa shape index (κ3) is 5.05. The molecule has 1 saturated carbocycles. The molecule has 0 radical (unpaired) electrons. The van der Waals surface area contributed by atoms with Crippen molar-refractivity contribution >= 4 is 17.8 Å². The highest BCUT2D eigenvalue weighted by molar-refractivity contribution is 6.39. The standard InChI is InChI=1S/C20H26O3/c1-14(2)17-11-9-15(3)13-19(17)23-20(22)18(21)12-10-16-7-5-4-6-8-16/h4-8,10,12,14-15,17,19H,9,11,13H2,1-3H3. The van der Waals surface area contributed by atoms with Crippen LogP contribution in [0.3, 0.4) is 0 Å². The molecule has 3 unspecified atom stereocenters. The predicted molar refractivity (Wildman–Crippen MR) is 91.7 cm³/mol. The average Bonchev–Trinajstić information content (AvgIpc) is 2.53. The number of benzene rings is 1. The Kier molecular flexibility index (Phi) is 6.14. The van der Waals surface area contributed by atoms with Crippen molar-refractivity contribution in [1.82, 2.24) is 0 Å². The van der Waals surface area contributed by atoms with Gasteiger partial charge in [-0.25, -0.2) is 4.79 Å². The second-order valence-electron chi connectivity index (χ2n) is 6.88. The first kappa shape index (κ1) is 17.5. The summed E-state index contributed by atoms with van der Waals surface area (Å²) in [5.74, 6) is 0.0191. The van der Waals surface area contributed by atoms with Crippen LogP contribution in [0.1, 0.15) is 45.6 Å². The molecule has 0 aromatic heterocycles. The predicted octanol–water partition coefficient (Wildman–Crippen LogP) is 4.27. The van der Waals surface area contributed by atoms with Gasteiger partial charge in [0.05, 0.1) is 0 Å². The summed E-state index contributed by atoms with van der Waals surface area (Å²) in [6, 6.07) is 9.45. The highest BCUT2D eigenvalue weighted by atomic mass is 16.5. The van der Waals surface area contributed by atoms with Crippen LogP contribution in [0.15, 0.2) is 36.4 Å². The van der Waals surface area contributed by atoms with Gasteiger partial charge in [0.25, 0.3) is 5.78 Å². The van der Waals surface area contributed by atoms with Gasteiger partial charge in [-0.2, -0.15) is 0 Å². The molecular formula is C20H26O3. The Labute approximate surface area is 138 Å². The maximum absolute atomic E-state index is 12.1. The van der Waals surface area contributed by atoms with Gasteiger partial charge in [0.15, 0.2) is 0 Å². The van der Waals surface area contributed by atoms with Crippen molar-refractivity contribution in [3.8, 4) is 0 Å². The van der Waals surface area contributed by atoms with Crippen LogP contribution in [-0.2, 0) is 14.3 Å². The Hall–Kier alpha value is -1.90. The Morgan fingerprint density at radius 1 is 1.17 bits per heavy atom. The summed E-state index contributed by atoms with van der Waals surface area (Å²) >= 11 is 0. The van der Waals surface area contributed by atoms with E-state index in [9.17, 15) is 9.59 Å². The van der Waals surface area contributed by atoms with Crippen LogP contribution in [0.4, 0.5) is 0 Å². The topological polar surface area (TPSA) is 43.4 Å². The Balaban J connectivity index is 1.96. The molecule has 23 heavy (non-hydrogen) atoms. The maximum atomic E-state index is 12.1. The number of hydrogen-bond donors (Lipinski definition) is 0. The summed E-state index contributed by atoms with van der Waals surface area (Å²) in [6.07, 6.45) is 5.88. The lowest BCUT2D eigenvalue weighted by molar-refractivity contribution is -0.161. The van der Waals surface area contributed by atoms with E-state index in [0.717, 1.165) is 18.4 Å². The van der Waals surface area contributed by atoms with Crippen LogP contribution in [0, 0.1) is 17.8 Å². The molecule has 3 heteroatoms. The lowest BCUT2D eigenvalue weighted by Crippen LogP contribution is -2.37. The number of carbonyl (C=O) groups is 2. The van der Waals surface area contributed by atoms with Gasteiger partial charge in [-0.3, -0.25) is 4.79 Å². The Morgan fingerprint density at radius 3 is 2.52 bits per heavy atom. The van der Waals surface area contributed by atoms with Gasteiger partial charge in [-0.1, -0.05) is 63.6 Å². The van der Waals surface area contributed by atoms with Crippen molar-refractivity contribution in [2.24, 2.45) is 17.8 Å². The minimum atomic E-state index is -0.734. The van der Waals surface area contributed by atoms with E-state index in [1.807, 2.05) is 30.3 Å². The summed E-state index contributed by atoms with van der Waals surface area (Å²) in [4.78, 5) is 24.1. The van der Waals surface area contributed by atoms with Crippen molar-refractivity contribution in [3.63, 3.8) is 0 Å². The first-order valence-electron chi connectivity index (χ1n) is 8.45. The molecule has 124 valence electrons. The highest BCUT2D eigenvalue weighted by Crippen LogP contribution is 2.35. The van der Waals surface area contributed by atoms with Crippen molar-refractivity contribution in [1.29, 1.82) is 0 Å². The largest absolute Gasteiger partial charge is 0.456 e. The molecule has 0 bridgehead atoms. The van der Waals surface area contributed by atoms with E-state index in [0.29, 0.717) is 17.8 Å². The van der Waals surface area contributed by atoms with Crippen LogP contribution in [-0.4, -0.2) is 17.9 Å². The van der Waals surface area contributed by atoms with E-state index in [2.05, 4.69) is 20.8 Å². The molecule has 0 N–H and O–H groups in total. The third-order valence-electron chi connectivity index (χ3n) is 4.65. The van der Waals surface area contributed by atoms with Gasteiger partial charge >= 0.3 is 5.97 Å². The second kappa shape index (κ2) is 8.09. The molecule has 1 aromatic rings. The van der Waals surface area contributed by atoms with Crippen LogP contribution < -0.4 is 0 Å². The van der Waals surface area contributed by atoms with E-state index in [4.69, 9.17) is 4.74 Å². The van der Waals surface area contributed by atoms with Crippen LogP contribution >= 0.6 is 0 Å². The van der Waals surface area contributed by atoms with Crippen molar-refractivity contribution in [2.75, 3.05) is 0 Å².